The first-order chi connectivity index (χ1) is 13.5. The molecule has 0 saturated heterocycles. The fourth-order valence-electron chi connectivity index (χ4n) is 2.99. The second kappa shape index (κ2) is 7.73. The highest BCUT2D eigenvalue weighted by molar-refractivity contribution is 6.31. The van der Waals surface area contributed by atoms with Crippen LogP contribution in [-0.4, -0.2) is 32.7 Å². The monoisotopic (exact) mass is 416 g/mol. The number of nitrogens with zero attached hydrogens (tertiary/aromatic N) is 1. The predicted molar refractivity (Wildman–Crippen MR) is 109 cm³/mol. The van der Waals surface area contributed by atoms with Crippen LogP contribution < -0.4 is 5.32 Å². The maximum absolute atomic E-state index is 12.8. The number of carbonyl (C=O) groups is 2. The number of anilines is 1. The fraction of sp³-hybridized carbons (Fsp3) is 0.200. The van der Waals surface area contributed by atoms with Gasteiger partial charge in [-0.05, 0) is 42.7 Å². The minimum absolute atomic E-state index is 0.0598. The van der Waals surface area contributed by atoms with Gasteiger partial charge < -0.3 is 20.2 Å². The molecule has 1 aliphatic carbocycles. The standard InChI is InChI=1S/C20H18Cl2N4O2/c21-13-7-17(23-9-13)19(27)25-15-3-1-12(2-4-15)11-26(16-5-6-16)20(28)18-8-14(22)10-24-18/h1-4,7-10,16,23-24H,5-6,11H2,(H,25,27). The average molecular weight is 417 g/mol. The molecule has 0 atom stereocenters. The van der Waals surface area contributed by atoms with Gasteiger partial charge in [0.15, 0.2) is 0 Å². The Labute approximate surface area is 171 Å². The zero-order valence-electron chi connectivity index (χ0n) is 14.8. The SMILES string of the molecule is O=C(Nc1ccc(CN(C(=O)c2cc(Cl)c[nH]2)C2CC2)cc1)c1cc(Cl)c[nH]1. The molecule has 3 aromatic rings. The molecule has 2 amide bonds. The number of benzene rings is 1. The first-order valence-corrected chi connectivity index (χ1v) is 9.64. The van der Waals surface area contributed by atoms with Crippen LogP contribution in [0.5, 0.6) is 0 Å². The zero-order chi connectivity index (χ0) is 19.7. The quantitative estimate of drug-likeness (QED) is 0.543. The third-order valence-electron chi connectivity index (χ3n) is 4.58. The molecule has 0 unspecified atom stereocenters. The number of carbonyl (C=O) groups excluding carboxylic acids is 2. The lowest BCUT2D eigenvalue weighted by Crippen LogP contribution is -2.32. The molecule has 8 heteroatoms. The second-order valence-corrected chi connectivity index (χ2v) is 7.65. The summed E-state index contributed by atoms with van der Waals surface area (Å²) in [5.74, 6) is -0.325. The molecule has 3 N–H and O–H groups in total. The van der Waals surface area contributed by atoms with E-state index in [2.05, 4.69) is 15.3 Å². The van der Waals surface area contributed by atoms with Crippen LogP contribution in [0.25, 0.3) is 0 Å². The molecular formula is C20H18Cl2N4O2. The molecule has 4 rings (SSSR count). The summed E-state index contributed by atoms with van der Waals surface area (Å²) in [5.41, 5.74) is 2.54. The summed E-state index contributed by atoms with van der Waals surface area (Å²) in [6.07, 6.45) is 5.18. The summed E-state index contributed by atoms with van der Waals surface area (Å²) in [4.78, 5) is 32.5. The number of rotatable bonds is 6. The van der Waals surface area contributed by atoms with Gasteiger partial charge in [0.05, 0.1) is 10.0 Å². The van der Waals surface area contributed by atoms with Gasteiger partial charge in [0.1, 0.15) is 11.4 Å². The van der Waals surface area contributed by atoms with E-state index in [1.807, 2.05) is 29.2 Å². The molecule has 1 aliphatic rings. The van der Waals surface area contributed by atoms with Crippen LogP contribution in [0, 0.1) is 0 Å². The first-order valence-electron chi connectivity index (χ1n) is 8.89. The molecular weight excluding hydrogens is 399 g/mol. The lowest BCUT2D eigenvalue weighted by Gasteiger charge is -2.22. The van der Waals surface area contributed by atoms with E-state index in [0.717, 1.165) is 18.4 Å². The lowest BCUT2D eigenvalue weighted by molar-refractivity contribution is 0.0724. The number of halogens is 2. The van der Waals surface area contributed by atoms with Gasteiger partial charge >= 0.3 is 0 Å². The van der Waals surface area contributed by atoms with Crippen molar-refractivity contribution in [1.82, 2.24) is 14.9 Å². The van der Waals surface area contributed by atoms with Crippen LogP contribution in [0.4, 0.5) is 5.69 Å². The summed E-state index contributed by atoms with van der Waals surface area (Å²) in [6.45, 7) is 0.501. The third-order valence-corrected chi connectivity index (χ3v) is 5.02. The molecule has 2 heterocycles. The molecule has 1 aromatic carbocycles. The van der Waals surface area contributed by atoms with E-state index in [-0.39, 0.29) is 17.9 Å². The van der Waals surface area contributed by atoms with Gasteiger partial charge in [0.25, 0.3) is 11.8 Å². The van der Waals surface area contributed by atoms with E-state index in [1.54, 1.807) is 24.5 Å². The average Bonchev–Trinajstić information content (AvgIpc) is 3.28. The van der Waals surface area contributed by atoms with Crippen molar-refractivity contribution in [2.45, 2.75) is 25.4 Å². The van der Waals surface area contributed by atoms with Crippen molar-refractivity contribution < 1.29 is 9.59 Å². The normalized spacial score (nSPS) is 13.4. The highest BCUT2D eigenvalue weighted by atomic mass is 35.5. The van der Waals surface area contributed by atoms with E-state index in [4.69, 9.17) is 23.2 Å². The largest absolute Gasteiger partial charge is 0.356 e. The maximum atomic E-state index is 12.8. The van der Waals surface area contributed by atoms with E-state index in [0.29, 0.717) is 33.7 Å². The molecule has 1 fully saturated rings. The van der Waals surface area contributed by atoms with Crippen molar-refractivity contribution in [3.05, 3.63) is 75.8 Å². The minimum atomic E-state index is -0.266. The Kier molecular flexibility index (Phi) is 5.15. The Morgan fingerprint density at radius 1 is 1.00 bits per heavy atom. The molecule has 0 aliphatic heterocycles. The van der Waals surface area contributed by atoms with Crippen LogP contribution in [-0.2, 0) is 6.54 Å². The fourth-order valence-corrected chi connectivity index (χ4v) is 3.31. The summed E-state index contributed by atoms with van der Waals surface area (Å²) < 4.78 is 0. The van der Waals surface area contributed by atoms with Crippen molar-refractivity contribution >= 4 is 40.7 Å². The van der Waals surface area contributed by atoms with E-state index in [9.17, 15) is 9.59 Å². The Balaban J connectivity index is 1.42. The maximum Gasteiger partial charge on any atom is 0.272 e. The molecule has 28 heavy (non-hydrogen) atoms. The Morgan fingerprint density at radius 2 is 1.61 bits per heavy atom. The molecule has 1 saturated carbocycles. The predicted octanol–water partition coefficient (Wildman–Crippen LogP) is 4.71. The molecule has 0 spiro atoms. The summed E-state index contributed by atoms with van der Waals surface area (Å²) >= 11 is 11.7. The van der Waals surface area contributed by atoms with Gasteiger partial charge in [-0.3, -0.25) is 9.59 Å². The Morgan fingerprint density at radius 3 is 2.14 bits per heavy atom. The van der Waals surface area contributed by atoms with Crippen molar-refractivity contribution in [1.29, 1.82) is 0 Å². The van der Waals surface area contributed by atoms with Crippen LogP contribution >= 0.6 is 23.2 Å². The van der Waals surface area contributed by atoms with Crippen LogP contribution in [0.15, 0.2) is 48.8 Å². The lowest BCUT2D eigenvalue weighted by atomic mass is 10.1. The highest BCUT2D eigenvalue weighted by Gasteiger charge is 2.33. The number of H-pyrrole nitrogens is 2. The number of aromatic nitrogens is 2. The molecule has 144 valence electrons. The van der Waals surface area contributed by atoms with Gasteiger partial charge in [-0.25, -0.2) is 0 Å². The topological polar surface area (TPSA) is 81.0 Å². The third kappa shape index (κ3) is 4.24. The minimum Gasteiger partial charge on any atom is -0.356 e. The van der Waals surface area contributed by atoms with Crippen molar-refractivity contribution in [2.75, 3.05) is 5.32 Å². The van der Waals surface area contributed by atoms with Crippen molar-refractivity contribution in [2.24, 2.45) is 0 Å². The van der Waals surface area contributed by atoms with Crippen molar-refractivity contribution in [3.63, 3.8) is 0 Å². The van der Waals surface area contributed by atoms with Crippen LogP contribution in [0.3, 0.4) is 0 Å². The summed E-state index contributed by atoms with van der Waals surface area (Å²) in [6, 6.07) is 10.9. The summed E-state index contributed by atoms with van der Waals surface area (Å²) in [7, 11) is 0. The zero-order valence-corrected chi connectivity index (χ0v) is 16.3. The van der Waals surface area contributed by atoms with Gasteiger partial charge in [-0.15, -0.1) is 0 Å². The number of hydrogen-bond acceptors (Lipinski definition) is 2. The van der Waals surface area contributed by atoms with Crippen LogP contribution in [0.2, 0.25) is 10.0 Å². The van der Waals surface area contributed by atoms with E-state index < -0.39 is 0 Å². The van der Waals surface area contributed by atoms with Crippen molar-refractivity contribution in [3.8, 4) is 0 Å². The van der Waals surface area contributed by atoms with E-state index >= 15 is 0 Å². The van der Waals surface area contributed by atoms with Gasteiger partial charge in [0, 0.05) is 30.7 Å². The highest BCUT2D eigenvalue weighted by Crippen LogP contribution is 2.30. The van der Waals surface area contributed by atoms with Gasteiger partial charge in [-0.1, -0.05) is 35.3 Å². The van der Waals surface area contributed by atoms with E-state index in [1.165, 1.54) is 0 Å². The first kappa shape index (κ1) is 18.7. The number of aromatic amines is 2. The van der Waals surface area contributed by atoms with Gasteiger partial charge in [0.2, 0.25) is 0 Å². The van der Waals surface area contributed by atoms with Crippen LogP contribution in [0.1, 0.15) is 39.4 Å². The smallest absolute Gasteiger partial charge is 0.272 e. The number of nitrogens with one attached hydrogen (secondary N) is 3. The number of amides is 2. The molecule has 0 radical (unpaired) electrons. The van der Waals surface area contributed by atoms with Gasteiger partial charge in [-0.2, -0.15) is 0 Å². The Hall–Kier alpha value is -2.70. The molecule has 2 aromatic heterocycles. The second-order valence-electron chi connectivity index (χ2n) is 6.78. The number of hydrogen-bond donors (Lipinski definition) is 3. The summed E-state index contributed by atoms with van der Waals surface area (Å²) in [5, 5.41) is 3.81. The molecule has 0 bridgehead atoms. The molecule has 6 nitrogen and oxygen atoms in total. The Bertz CT molecular complexity index is 1010.